The number of benzene rings is 1. The van der Waals surface area contributed by atoms with Gasteiger partial charge in [-0.15, -0.1) is 5.10 Å². The van der Waals surface area contributed by atoms with Gasteiger partial charge in [-0.1, -0.05) is 42.1 Å². The van der Waals surface area contributed by atoms with Crippen LogP contribution < -0.4 is 0 Å². The lowest BCUT2D eigenvalue weighted by Gasteiger charge is -2.24. The van der Waals surface area contributed by atoms with E-state index in [0.717, 1.165) is 10.6 Å². The zero-order chi connectivity index (χ0) is 13.8. The summed E-state index contributed by atoms with van der Waals surface area (Å²) in [7, 11) is 1.62. The minimum absolute atomic E-state index is 0.150. The van der Waals surface area contributed by atoms with Crippen LogP contribution in [0.25, 0.3) is 0 Å². The van der Waals surface area contributed by atoms with Crippen molar-refractivity contribution in [2.45, 2.75) is 20.0 Å². The van der Waals surface area contributed by atoms with Gasteiger partial charge in [-0.05, 0) is 13.8 Å². The molecule has 0 saturated heterocycles. The van der Waals surface area contributed by atoms with Crippen LogP contribution in [0.3, 0.4) is 0 Å². The second-order valence-corrected chi connectivity index (χ2v) is 5.10. The Morgan fingerprint density at radius 1 is 1.37 bits per heavy atom. The number of rotatable bonds is 3. The smallest absolute Gasteiger partial charge is 0.430 e. The molecule has 101 valence electrons. The van der Waals surface area contributed by atoms with Crippen molar-refractivity contribution >= 4 is 22.9 Å². The summed E-state index contributed by atoms with van der Waals surface area (Å²) in [6.45, 7) is 3.62. The molecule has 1 amide bonds. The van der Waals surface area contributed by atoms with Gasteiger partial charge in [0, 0.05) is 12.6 Å². The molecular formula is C13H16N3O2S. The fraction of sp³-hybridized carbons (Fsp3) is 0.308. The average molecular weight is 278 g/mol. The highest BCUT2D eigenvalue weighted by Gasteiger charge is 2.25. The molecular weight excluding hydrogens is 262 g/mol. The first-order chi connectivity index (χ1) is 9.08. The Morgan fingerprint density at radius 2 is 2.05 bits per heavy atom. The molecule has 0 N–H and O–H groups in total. The molecule has 0 atom stereocenters. The second-order valence-electron chi connectivity index (χ2n) is 4.27. The number of hydrogen-bond acceptors (Lipinski definition) is 5. The summed E-state index contributed by atoms with van der Waals surface area (Å²) in [6, 6.07) is 9.83. The number of hydrazine groups is 1. The third-order valence-corrected chi connectivity index (χ3v) is 3.22. The van der Waals surface area contributed by atoms with Crippen LogP contribution in [0.15, 0.2) is 35.4 Å². The monoisotopic (exact) mass is 278 g/mol. The zero-order valence-corrected chi connectivity index (χ0v) is 11.9. The Hall–Kier alpha value is -1.69. The summed E-state index contributed by atoms with van der Waals surface area (Å²) in [5, 5.41) is 8.04. The fourth-order valence-corrected chi connectivity index (χ4v) is 2.23. The van der Waals surface area contributed by atoms with Crippen LogP contribution in [-0.4, -0.2) is 34.4 Å². The molecule has 1 aromatic rings. The largest absolute Gasteiger partial charge is 0.445 e. The minimum atomic E-state index is -0.426. The van der Waals surface area contributed by atoms with Gasteiger partial charge in [0.1, 0.15) is 5.04 Å². The second kappa shape index (κ2) is 5.97. The first kappa shape index (κ1) is 13.7. The van der Waals surface area contributed by atoms with E-state index in [1.165, 1.54) is 21.9 Å². The number of ether oxygens (including phenoxy) is 1. The number of amides is 1. The molecule has 1 aliphatic heterocycles. The number of carbonyl (C=O) groups excluding carboxylic acids is 1. The minimum Gasteiger partial charge on any atom is -0.445 e. The first-order valence-corrected chi connectivity index (χ1v) is 6.83. The average Bonchev–Trinajstić information content (AvgIpc) is 2.87. The third-order valence-electron chi connectivity index (χ3n) is 2.38. The Morgan fingerprint density at radius 3 is 2.68 bits per heavy atom. The highest BCUT2D eigenvalue weighted by Crippen LogP contribution is 2.27. The number of hydrogen-bond donors (Lipinski definition) is 0. The van der Waals surface area contributed by atoms with Crippen LogP contribution in [0, 0.1) is 5.88 Å². The van der Waals surface area contributed by atoms with Gasteiger partial charge in [0.15, 0.2) is 5.88 Å². The van der Waals surface area contributed by atoms with Gasteiger partial charge in [0.25, 0.3) is 0 Å². The Labute approximate surface area is 117 Å². The molecule has 1 heterocycles. The van der Waals surface area contributed by atoms with Crippen molar-refractivity contribution in [3.63, 3.8) is 0 Å². The zero-order valence-electron chi connectivity index (χ0n) is 11.1. The van der Waals surface area contributed by atoms with Gasteiger partial charge >= 0.3 is 6.09 Å². The standard InChI is InChI=1S/C13H16N3O2S/c1-10(2)18-13(17)15(3)16-9-19-12(14-16)11-7-5-4-6-8-11/h4-10H,1-3H3. The van der Waals surface area contributed by atoms with Crippen molar-refractivity contribution in [3.05, 3.63) is 41.8 Å². The maximum Gasteiger partial charge on any atom is 0.430 e. The molecule has 1 aromatic carbocycles. The first-order valence-electron chi connectivity index (χ1n) is 5.95. The molecule has 1 aliphatic rings. The number of thioether (sulfide) groups is 1. The summed E-state index contributed by atoms with van der Waals surface area (Å²) >= 11 is 1.47. The number of hydrazone groups is 1. The van der Waals surface area contributed by atoms with Gasteiger partial charge in [0.2, 0.25) is 0 Å². The highest BCUT2D eigenvalue weighted by molar-refractivity contribution is 8.16. The van der Waals surface area contributed by atoms with E-state index in [-0.39, 0.29) is 6.10 Å². The molecule has 0 spiro atoms. The van der Waals surface area contributed by atoms with Crippen molar-refractivity contribution in [1.82, 2.24) is 10.1 Å². The molecule has 19 heavy (non-hydrogen) atoms. The van der Waals surface area contributed by atoms with Gasteiger partial charge in [-0.25, -0.2) is 9.80 Å². The molecule has 0 unspecified atom stereocenters. The van der Waals surface area contributed by atoms with Gasteiger partial charge in [0.05, 0.1) is 6.10 Å². The normalized spacial score (nSPS) is 14.5. The lowest BCUT2D eigenvalue weighted by atomic mass is 10.2. The number of carbonyl (C=O) groups is 1. The predicted octanol–water partition coefficient (Wildman–Crippen LogP) is 2.91. The third kappa shape index (κ3) is 3.41. The summed E-state index contributed by atoms with van der Waals surface area (Å²) < 4.78 is 5.11. The van der Waals surface area contributed by atoms with Crippen LogP contribution in [0.1, 0.15) is 19.4 Å². The molecule has 0 fully saturated rings. The quantitative estimate of drug-likeness (QED) is 0.853. The van der Waals surface area contributed by atoms with Crippen LogP contribution in [0.5, 0.6) is 0 Å². The molecule has 0 saturated carbocycles. The molecule has 0 aromatic heterocycles. The molecule has 6 heteroatoms. The SMILES string of the molecule is CC(C)OC(=O)N(C)N1[CH]SC(c2ccccc2)=N1. The molecule has 2 rings (SSSR count). The van der Waals surface area contributed by atoms with Gasteiger partial charge in [-0.3, -0.25) is 0 Å². The molecule has 0 aliphatic carbocycles. The lowest BCUT2D eigenvalue weighted by molar-refractivity contribution is 0.0120. The van der Waals surface area contributed by atoms with Crippen molar-refractivity contribution in [3.8, 4) is 0 Å². The summed E-state index contributed by atoms with van der Waals surface area (Å²) in [5.41, 5.74) is 1.02. The maximum absolute atomic E-state index is 11.7. The van der Waals surface area contributed by atoms with Crippen molar-refractivity contribution in [2.75, 3.05) is 7.05 Å². The fourth-order valence-electron chi connectivity index (χ4n) is 1.44. The predicted molar refractivity (Wildman–Crippen MR) is 76.1 cm³/mol. The number of nitrogens with zero attached hydrogens (tertiary/aromatic N) is 3. The van der Waals surface area contributed by atoms with E-state index in [9.17, 15) is 4.79 Å². The van der Waals surface area contributed by atoms with E-state index in [2.05, 4.69) is 5.10 Å². The van der Waals surface area contributed by atoms with Crippen LogP contribution >= 0.6 is 11.8 Å². The maximum atomic E-state index is 11.7. The topological polar surface area (TPSA) is 45.1 Å². The highest BCUT2D eigenvalue weighted by atomic mass is 32.2. The van der Waals surface area contributed by atoms with Crippen LogP contribution in [0.2, 0.25) is 0 Å². The Balaban J connectivity index is 2.04. The Bertz CT molecular complexity index is 476. The van der Waals surface area contributed by atoms with E-state index in [1.807, 2.05) is 44.2 Å². The van der Waals surface area contributed by atoms with Crippen molar-refractivity contribution < 1.29 is 9.53 Å². The lowest BCUT2D eigenvalue weighted by Crippen LogP contribution is -2.38. The van der Waals surface area contributed by atoms with Gasteiger partial charge in [-0.2, -0.15) is 5.12 Å². The molecule has 0 bridgehead atoms. The van der Waals surface area contributed by atoms with E-state index < -0.39 is 6.09 Å². The van der Waals surface area contributed by atoms with E-state index in [4.69, 9.17) is 4.74 Å². The van der Waals surface area contributed by atoms with E-state index in [0.29, 0.717) is 0 Å². The van der Waals surface area contributed by atoms with Crippen molar-refractivity contribution in [1.29, 1.82) is 0 Å². The molecule has 1 radical (unpaired) electrons. The van der Waals surface area contributed by atoms with E-state index in [1.54, 1.807) is 12.9 Å². The van der Waals surface area contributed by atoms with Gasteiger partial charge < -0.3 is 4.74 Å². The van der Waals surface area contributed by atoms with Crippen LogP contribution in [0.4, 0.5) is 4.79 Å². The summed E-state index contributed by atoms with van der Waals surface area (Å²) in [6.07, 6.45) is -0.576. The van der Waals surface area contributed by atoms with Crippen molar-refractivity contribution in [2.24, 2.45) is 5.10 Å². The Kier molecular flexibility index (Phi) is 4.31. The van der Waals surface area contributed by atoms with Crippen LogP contribution in [-0.2, 0) is 4.74 Å². The molecule has 5 nitrogen and oxygen atoms in total. The summed E-state index contributed by atoms with van der Waals surface area (Å²) in [4.78, 5) is 11.7. The summed E-state index contributed by atoms with van der Waals surface area (Å²) in [5.74, 6) is 1.77. The van der Waals surface area contributed by atoms with E-state index >= 15 is 0 Å².